The second kappa shape index (κ2) is 7.69. The van der Waals surface area contributed by atoms with Gasteiger partial charge in [0, 0.05) is 6.07 Å². The second-order valence-corrected chi connectivity index (χ2v) is 5.50. The number of aryl methyl sites for hydroxylation is 1. The van der Waals surface area contributed by atoms with E-state index in [2.05, 4.69) is 15.3 Å². The van der Waals surface area contributed by atoms with E-state index in [4.69, 9.17) is 14.2 Å². The molecule has 1 heterocycles. The van der Waals surface area contributed by atoms with E-state index in [0.29, 0.717) is 28.9 Å². The van der Waals surface area contributed by atoms with E-state index >= 15 is 0 Å². The number of carbonyl (C=O) groups is 1. The molecule has 0 aliphatic heterocycles. The van der Waals surface area contributed by atoms with Crippen molar-refractivity contribution in [1.29, 1.82) is 0 Å². The molecule has 3 aromatic rings. The number of nitrogens with one attached hydrogen (secondary N) is 1. The van der Waals surface area contributed by atoms with Gasteiger partial charge in [0.15, 0.2) is 6.61 Å². The zero-order valence-corrected chi connectivity index (χ0v) is 14.8. The normalized spacial score (nSPS) is 10.4. The van der Waals surface area contributed by atoms with Crippen molar-refractivity contribution in [2.45, 2.75) is 6.92 Å². The lowest BCUT2D eigenvalue weighted by Crippen LogP contribution is -2.21. The first-order valence-corrected chi connectivity index (χ1v) is 7.99. The molecule has 26 heavy (non-hydrogen) atoms. The maximum absolute atomic E-state index is 12.3. The number of anilines is 1. The average Bonchev–Trinajstić information content (AvgIpc) is 2.65. The maximum atomic E-state index is 12.3. The standard InChI is InChI=1S/C19H19N3O4/c1-12-20-15-7-5-4-6-14(15)19(21-12)26-11-18(23)22-16-10-13(24-2)8-9-17(16)25-3/h4-10H,11H2,1-3H3,(H,22,23). The summed E-state index contributed by atoms with van der Waals surface area (Å²) in [6.07, 6.45) is 0. The number of hydrogen-bond donors (Lipinski definition) is 1. The van der Waals surface area contributed by atoms with E-state index in [1.165, 1.54) is 7.11 Å². The molecular formula is C19H19N3O4. The van der Waals surface area contributed by atoms with Gasteiger partial charge < -0.3 is 19.5 Å². The molecule has 1 amide bonds. The Balaban J connectivity index is 1.74. The van der Waals surface area contributed by atoms with Crippen LogP contribution in [0.1, 0.15) is 5.82 Å². The Bertz CT molecular complexity index is 943. The van der Waals surface area contributed by atoms with Crippen LogP contribution in [0, 0.1) is 6.92 Å². The third-order valence-corrected chi connectivity index (χ3v) is 3.70. The van der Waals surface area contributed by atoms with Gasteiger partial charge in [0.05, 0.1) is 30.8 Å². The van der Waals surface area contributed by atoms with Crippen molar-refractivity contribution in [1.82, 2.24) is 9.97 Å². The van der Waals surface area contributed by atoms with Gasteiger partial charge >= 0.3 is 0 Å². The number of aromatic nitrogens is 2. The number of hydrogen-bond acceptors (Lipinski definition) is 6. The summed E-state index contributed by atoms with van der Waals surface area (Å²) in [6, 6.07) is 12.6. The summed E-state index contributed by atoms with van der Waals surface area (Å²) >= 11 is 0. The SMILES string of the molecule is COc1ccc(OC)c(NC(=O)COc2nc(C)nc3ccccc23)c1. The number of carbonyl (C=O) groups excluding carboxylic acids is 1. The number of amides is 1. The fraction of sp³-hybridized carbons (Fsp3) is 0.211. The van der Waals surface area contributed by atoms with Gasteiger partial charge in [-0.1, -0.05) is 12.1 Å². The molecule has 7 heteroatoms. The monoisotopic (exact) mass is 353 g/mol. The van der Waals surface area contributed by atoms with Gasteiger partial charge in [0.2, 0.25) is 5.88 Å². The highest BCUT2D eigenvalue weighted by atomic mass is 16.5. The average molecular weight is 353 g/mol. The van der Waals surface area contributed by atoms with Gasteiger partial charge in [-0.15, -0.1) is 0 Å². The van der Waals surface area contributed by atoms with Crippen molar-refractivity contribution < 1.29 is 19.0 Å². The Morgan fingerprint density at radius 1 is 1.08 bits per heavy atom. The largest absolute Gasteiger partial charge is 0.497 e. The second-order valence-electron chi connectivity index (χ2n) is 5.50. The van der Waals surface area contributed by atoms with Gasteiger partial charge in [-0.05, 0) is 31.2 Å². The van der Waals surface area contributed by atoms with Crippen LogP contribution in [0.3, 0.4) is 0 Å². The lowest BCUT2D eigenvalue weighted by atomic mass is 10.2. The minimum Gasteiger partial charge on any atom is -0.497 e. The molecule has 0 atom stereocenters. The predicted molar refractivity (Wildman–Crippen MR) is 97.9 cm³/mol. The van der Waals surface area contributed by atoms with E-state index in [1.54, 1.807) is 32.2 Å². The number of rotatable bonds is 6. The molecule has 7 nitrogen and oxygen atoms in total. The number of nitrogens with zero attached hydrogens (tertiary/aromatic N) is 2. The third kappa shape index (κ3) is 3.83. The van der Waals surface area contributed by atoms with Gasteiger partial charge in [0.25, 0.3) is 5.91 Å². The quantitative estimate of drug-likeness (QED) is 0.734. The van der Waals surface area contributed by atoms with Crippen LogP contribution >= 0.6 is 0 Å². The number of ether oxygens (including phenoxy) is 3. The Kier molecular flexibility index (Phi) is 5.17. The first-order valence-electron chi connectivity index (χ1n) is 7.99. The van der Waals surface area contributed by atoms with Crippen molar-refractivity contribution in [3.8, 4) is 17.4 Å². The fourth-order valence-corrected chi connectivity index (χ4v) is 2.50. The molecule has 3 rings (SSSR count). The third-order valence-electron chi connectivity index (χ3n) is 3.70. The van der Waals surface area contributed by atoms with E-state index in [-0.39, 0.29) is 12.5 Å². The maximum Gasteiger partial charge on any atom is 0.262 e. The predicted octanol–water partition coefficient (Wildman–Crippen LogP) is 2.97. The molecule has 1 aromatic heterocycles. The van der Waals surface area contributed by atoms with Crippen LogP contribution in [0.2, 0.25) is 0 Å². The van der Waals surface area contributed by atoms with Crippen LogP contribution in [0.25, 0.3) is 10.9 Å². The fourth-order valence-electron chi connectivity index (χ4n) is 2.50. The van der Waals surface area contributed by atoms with Crippen LogP contribution in [0.5, 0.6) is 17.4 Å². The highest BCUT2D eigenvalue weighted by Crippen LogP contribution is 2.29. The zero-order valence-electron chi connectivity index (χ0n) is 14.8. The van der Waals surface area contributed by atoms with Gasteiger partial charge in [-0.3, -0.25) is 4.79 Å². The molecule has 0 unspecified atom stereocenters. The van der Waals surface area contributed by atoms with Crippen molar-refractivity contribution in [3.05, 3.63) is 48.3 Å². The van der Waals surface area contributed by atoms with Crippen LogP contribution < -0.4 is 19.5 Å². The summed E-state index contributed by atoms with van der Waals surface area (Å²) in [6.45, 7) is 1.58. The minimum absolute atomic E-state index is 0.194. The Morgan fingerprint density at radius 2 is 1.88 bits per heavy atom. The molecule has 134 valence electrons. The van der Waals surface area contributed by atoms with E-state index in [1.807, 2.05) is 24.3 Å². The number of benzene rings is 2. The highest BCUT2D eigenvalue weighted by Gasteiger charge is 2.12. The van der Waals surface area contributed by atoms with E-state index in [0.717, 1.165) is 10.9 Å². The molecule has 0 aliphatic rings. The summed E-state index contributed by atoms with van der Waals surface area (Å²) in [5.74, 6) is 1.76. The number of fused-ring (bicyclic) bond motifs is 1. The lowest BCUT2D eigenvalue weighted by Gasteiger charge is -2.12. The first-order chi connectivity index (χ1) is 12.6. The van der Waals surface area contributed by atoms with E-state index < -0.39 is 0 Å². The molecule has 0 radical (unpaired) electrons. The molecule has 0 bridgehead atoms. The summed E-state index contributed by atoms with van der Waals surface area (Å²) in [5, 5.41) is 3.51. The van der Waals surface area contributed by atoms with Crippen molar-refractivity contribution in [2.24, 2.45) is 0 Å². The lowest BCUT2D eigenvalue weighted by molar-refractivity contribution is -0.118. The summed E-state index contributed by atoms with van der Waals surface area (Å²) in [7, 11) is 3.09. The van der Waals surface area contributed by atoms with Gasteiger partial charge in [-0.2, -0.15) is 4.98 Å². The Morgan fingerprint density at radius 3 is 2.65 bits per heavy atom. The molecule has 0 saturated heterocycles. The first kappa shape index (κ1) is 17.5. The van der Waals surface area contributed by atoms with Crippen molar-refractivity contribution in [2.75, 3.05) is 26.1 Å². The van der Waals surface area contributed by atoms with Crippen LogP contribution in [0.4, 0.5) is 5.69 Å². The number of methoxy groups -OCH3 is 2. The van der Waals surface area contributed by atoms with Crippen LogP contribution in [-0.2, 0) is 4.79 Å². The molecule has 0 fully saturated rings. The molecule has 2 aromatic carbocycles. The minimum atomic E-state index is -0.336. The molecule has 1 N–H and O–H groups in total. The van der Waals surface area contributed by atoms with E-state index in [9.17, 15) is 4.79 Å². The van der Waals surface area contributed by atoms with Gasteiger partial charge in [0.1, 0.15) is 17.3 Å². The van der Waals surface area contributed by atoms with Crippen molar-refractivity contribution in [3.63, 3.8) is 0 Å². The summed E-state index contributed by atoms with van der Waals surface area (Å²) in [5.41, 5.74) is 1.27. The molecular weight excluding hydrogens is 334 g/mol. The zero-order chi connectivity index (χ0) is 18.5. The van der Waals surface area contributed by atoms with Crippen molar-refractivity contribution >= 4 is 22.5 Å². The van der Waals surface area contributed by atoms with Crippen LogP contribution in [0.15, 0.2) is 42.5 Å². The topological polar surface area (TPSA) is 82.6 Å². The summed E-state index contributed by atoms with van der Waals surface area (Å²) < 4.78 is 16.1. The number of para-hydroxylation sites is 1. The highest BCUT2D eigenvalue weighted by molar-refractivity contribution is 5.94. The molecule has 0 aliphatic carbocycles. The smallest absolute Gasteiger partial charge is 0.262 e. The molecule has 0 saturated carbocycles. The Hall–Kier alpha value is -3.35. The summed E-state index contributed by atoms with van der Waals surface area (Å²) in [4.78, 5) is 20.9. The van der Waals surface area contributed by atoms with Gasteiger partial charge in [-0.25, -0.2) is 4.98 Å². The van der Waals surface area contributed by atoms with Crippen LogP contribution in [-0.4, -0.2) is 36.7 Å². The Labute approximate surface area is 150 Å². The molecule has 0 spiro atoms.